The van der Waals surface area contributed by atoms with Gasteiger partial charge in [0, 0.05) is 12.6 Å². The van der Waals surface area contributed by atoms with Crippen molar-refractivity contribution in [3.05, 3.63) is 0 Å². The van der Waals surface area contributed by atoms with E-state index in [1.54, 1.807) is 0 Å². The molecule has 0 heterocycles. The molecule has 0 bridgehead atoms. The Hall–Kier alpha value is -0.650. The van der Waals surface area contributed by atoms with Gasteiger partial charge in [0.15, 0.2) is 0 Å². The SMILES string of the molecule is CC(C)C(C(=O)NN)N(CCO)C1CCCCC1. The first-order valence-corrected chi connectivity index (χ1v) is 6.98. The summed E-state index contributed by atoms with van der Waals surface area (Å²) in [5.74, 6) is 5.32. The lowest BCUT2D eigenvalue weighted by Crippen LogP contribution is -2.56. The Morgan fingerprint density at radius 3 is 2.44 bits per heavy atom. The second kappa shape index (κ2) is 7.71. The summed E-state index contributed by atoms with van der Waals surface area (Å²) in [6.45, 7) is 4.67. The van der Waals surface area contributed by atoms with Crippen molar-refractivity contribution in [1.29, 1.82) is 0 Å². The third-order valence-electron chi connectivity index (χ3n) is 3.80. The largest absolute Gasteiger partial charge is 0.395 e. The Morgan fingerprint density at radius 2 is 2.00 bits per heavy atom. The van der Waals surface area contributed by atoms with Gasteiger partial charge in [-0.1, -0.05) is 33.1 Å². The van der Waals surface area contributed by atoms with Gasteiger partial charge in [0.2, 0.25) is 0 Å². The molecule has 0 aromatic rings. The highest BCUT2D eigenvalue weighted by Gasteiger charge is 2.33. The van der Waals surface area contributed by atoms with Crippen LogP contribution in [0.25, 0.3) is 0 Å². The molecule has 1 rings (SSSR count). The smallest absolute Gasteiger partial charge is 0.251 e. The maximum absolute atomic E-state index is 12.0. The van der Waals surface area contributed by atoms with Crippen LogP contribution in [0, 0.1) is 5.92 Å². The van der Waals surface area contributed by atoms with Gasteiger partial charge in [0.1, 0.15) is 0 Å². The van der Waals surface area contributed by atoms with E-state index in [1.807, 2.05) is 13.8 Å². The van der Waals surface area contributed by atoms with Gasteiger partial charge in [0.05, 0.1) is 12.6 Å². The lowest BCUT2D eigenvalue weighted by atomic mass is 9.90. The van der Waals surface area contributed by atoms with Crippen molar-refractivity contribution < 1.29 is 9.90 Å². The molecule has 1 unspecified atom stereocenters. The number of hydrogen-bond donors (Lipinski definition) is 3. The van der Waals surface area contributed by atoms with Crippen molar-refractivity contribution >= 4 is 5.91 Å². The normalized spacial score (nSPS) is 19.2. The van der Waals surface area contributed by atoms with Crippen LogP contribution >= 0.6 is 0 Å². The molecule has 1 fully saturated rings. The minimum atomic E-state index is -0.245. The lowest BCUT2D eigenvalue weighted by molar-refractivity contribution is -0.130. The highest BCUT2D eigenvalue weighted by molar-refractivity contribution is 5.81. The number of hydrogen-bond acceptors (Lipinski definition) is 4. The molecule has 1 saturated carbocycles. The van der Waals surface area contributed by atoms with Gasteiger partial charge in [-0.2, -0.15) is 0 Å². The topological polar surface area (TPSA) is 78.6 Å². The third-order valence-corrected chi connectivity index (χ3v) is 3.80. The Balaban J connectivity index is 2.80. The summed E-state index contributed by atoms with van der Waals surface area (Å²) < 4.78 is 0. The van der Waals surface area contributed by atoms with E-state index in [2.05, 4.69) is 10.3 Å². The molecule has 0 aromatic heterocycles. The van der Waals surface area contributed by atoms with Crippen molar-refractivity contribution in [2.24, 2.45) is 11.8 Å². The van der Waals surface area contributed by atoms with Crippen molar-refractivity contribution in [1.82, 2.24) is 10.3 Å². The fraction of sp³-hybridized carbons (Fsp3) is 0.923. The number of amides is 1. The molecule has 5 heteroatoms. The average Bonchev–Trinajstić information content (AvgIpc) is 2.38. The summed E-state index contributed by atoms with van der Waals surface area (Å²) in [6.07, 6.45) is 5.92. The van der Waals surface area contributed by atoms with E-state index in [4.69, 9.17) is 5.84 Å². The monoisotopic (exact) mass is 257 g/mol. The Bertz CT molecular complexity index is 253. The summed E-state index contributed by atoms with van der Waals surface area (Å²) >= 11 is 0. The highest BCUT2D eigenvalue weighted by Crippen LogP contribution is 2.26. The average molecular weight is 257 g/mol. The molecule has 1 amide bonds. The lowest BCUT2D eigenvalue weighted by Gasteiger charge is -2.40. The quantitative estimate of drug-likeness (QED) is 0.370. The van der Waals surface area contributed by atoms with E-state index in [9.17, 15) is 9.90 Å². The van der Waals surface area contributed by atoms with E-state index in [0.29, 0.717) is 12.6 Å². The van der Waals surface area contributed by atoms with Crippen LogP contribution < -0.4 is 11.3 Å². The van der Waals surface area contributed by atoms with E-state index in [-0.39, 0.29) is 24.5 Å². The molecule has 0 saturated heterocycles. The molecule has 0 spiro atoms. The Morgan fingerprint density at radius 1 is 1.39 bits per heavy atom. The van der Waals surface area contributed by atoms with Gasteiger partial charge >= 0.3 is 0 Å². The van der Waals surface area contributed by atoms with Crippen LogP contribution in [0.15, 0.2) is 0 Å². The zero-order valence-electron chi connectivity index (χ0n) is 11.6. The molecule has 106 valence electrons. The fourth-order valence-corrected chi connectivity index (χ4v) is 3.00. The van der Waals surface area contributed by atoms with E-state index >= 15 is 0 Å². The Labute approximate surface area is 110 Å². The number of carbonyl (C=O) groups excluding carboxylic acids is 1. The van der Waals surface area contributed by atoms with Crippen LogP contribution in [-0.2, 0) is 4.79 Å². The van der Waals surface area contributed by atoms with E-state index in [1.165, 1.54) is 19.3 Å². The number of nitrogens with zero attached hydrogens (tertiary/aromatic N) is 1. The number of aliphatic hydroxyl groups is 1. The van der Waals surface area contributed by atoms with Crippen LogP contribution in [0.4, 0.5) is 0 Å². The van der Waals surface area contributed by atoms with Crippen molar-refractivity contribution in [2.75, 3.05) is 13.2 Å². The molecule has 18 heavy (non-hydrogen) atoms. The summed E-state index contributed by atoms with van der Waals surface area (Å²) in [5, 5.41) is 9.25. The number of nitrogens with two attached hydrogens (primary N) is 1. The molecule has 1 aliphatic carbocycles. The molecular weight excluding hydrogens is 230 g/mol. The van der Waals surface area contributed by atoms with Crippen LogP contribution in [0.5, 0.6) is 0 Å². The number of aliphatic hydroxyl groups excluding tert-OH is 1. The predicted octanol–water partition coefficient (Wildman–Crippen LogP) is 0.628. The zero-order valence-corrected chi connectivity index (χ0v) is 11.6. The van der Waals surface area contributed by atoms with Crippen molar-refractivity contribution in [3.8, 4) is 0 Å². The number of nitrogens with one attached hydrogen (secondary N) is 1. The van der Waals surface area contributed by atoms with Gasteiger partial charge in [-0.15, -0.1) is 0 Å². The minimum Gasteiger partial charge on any atom is -0.395 e. The second-order valence-electron chi connectivity index (χ2n) is 5.45. The number of rotatable bonds is 6. The van der Waals surface area contributed by atoms with Gasteiger partial charge in [0.25, 0.3) is 5.91 Å². The number of hydrazine groups is 1. The molecule has 0 aromatic carbocycles. The zero-order chi connectivity index (χ0) is 13.5. The fourth-order valence-electron chi connectivity index (χ4n) is 3.00. The van der Waals surface area contributed by atoms with Crippen molar-refractivity contribution in [2.45, 2.75) is 58.0 Å². The molecular formula is C13H27N3O2. The Kier molecular flexibility index (Phi) is 6.60. The van der Waals surface area contributed by atoms with Crippen LogP contribution in [0.1, 0.15) is 46.0 Å². The van der Waals surface area contributed by atoms with Crippen LogP contribution in [0.3, 0.4) is 0 Å². The maximum atomic E-state index is 12.0. The van der Waals surface area contributed by atoms with E-state index < -0.39 is 0 Å². The molecule has 0 radical (unpaired) electrons. The third kappa shape index (κ3) is 3.93. The van der Waals surface area contributed by atoms with Crippen LogP contribution in [0.2, 0.25) is 0 Å². The van der Waals surface area contributed by atoms with Crippen LogP contribution in [-0.4, -0.2) is 41.1 Å². The standard InChI is InChI=1S/C13H27N3O2/c1-10(2)12(13(18)15-14)16(8-9-17)11-6-4-3-5-7-11/h10-12,17H,3-9,14H2,1-2H3,(H,15,18). The predicted molar refractivity (Wildman–Crippen MR) is 71.6 cm³/mol. The highest BCUT2D eigenvalue weighted by atomic mass is 16.3. The maximum Gasteiger partial charge on any atom is 0.251 e. The van der Waals surface area contributed by atoms with Gasteiger partial charge < -0.3 is 5.11 Å². The summed E-state index contributed by atoms with van der Waals surface area (Å²) in [5.41, 5.74) is 2.26. The first-order valence-electron chi connectivity index (χ1n) is 6.98. The summed E-state index contributed by atoms with van der Waals surface area (Å²) in [6, 6.07) is 0.154. The number of carbonyl (C=O) groups is 1. The van der Waals surface area contributed by atoms with Crippen molar-refractivity contribution in [3.63, 3.8) is 0 Å². The first-order chi connectivity index (χ1) is 8.61. The minimum absolute atomic E-state index is 0.0809. The first kappa shape index (κ1) is 15.4. The molecule has 5 nitrogen and oxygen atoms in total. The molecule has 1 aliphatic rings. The molecule has 4 N–H and O–H groups in total. The molecule has 1 atom stereocenters. The summed E-state index contributed by atoms with van der Waals surface area (Å²) in [4.78, 5) is 14.1. The second-order valence-corrected chi connectivity index (χ2v) is 5.45. The van der Waals surface area contributed by atoms with Gasteiger partial charge in [-0.3, -0.25) is 15.1 Å². The van der Waals surface area contributed by atoms with E-state index in [0.717, 1.165) is 12.8 Å². The van der Waals surface area contributed by atoms with Gasteiger partial charge in [-0.25, -0.2) is 5.84 Å². The summed E-state index contributed by atoms with van der Waals surface area (Å²) in [7, 11) is 0. The molecule has 0 aliphatic heterocycles. The van der Waals surface area contributed by atoms with Gasteiger partial charge in [-0.05, 0) is 18.8 Å².